The van der Waals surface area contributed by atoms with Gasteiger partial charge in [0.25, 0.3) is 0 Å². The third kappa shape index (κ3) is 2.19. The molecule has 0 amide bonds. The minimum absolute atomic E-state index is 0.112. The van der Waals surface area contributed by atoms with Gasteiger partial charge < -0.3 is 10.5 Å². The van der Waals surface area contributed by atoms with Gasteiger partial charge in [-0.25, -0.2) is 0 Å². The Morgan fingerprint density at radius 1 is 1.50 bits per heavy atom. The minimum atomic E-state index is -0.201. The minimum Gasteiger partial charge on any atom is -0.365 e. The summed E-state index contributed by atoms with van der Waals surface area (Å²) in [4.78, 5) is 11.4. The first-order chi connectivity index (χ1) is 6.77. The van der Waals surface area contributed by atoms with Crippen molar-refractivity contribution >= 4 is 5.78 Å². The van der Waals surface area contributed by atoms with Crippen LogP contribution < -0.4 is 5.73 Å². The Morgan fingerprint density at radius 3 is 2.71 bits per heavy atom. The van der Waals surface area contributed by atoms with E-state index in [1.54, 1.807) is 0 Å². The lowest BCUT2D eigenvalue weighted by molar-refractivity contribution is -0.120. The van der Waals surface area contributed by atoms with Gasteiger partial charge in [0.1, 0.15) is 6.10 Å². The summed E-state index contributed by atoms with van der Waals surface area (Å²) in [6.07, 6.45) is 0.194. The SMILES string of the molecule is NC(CC(=O)C1CO1)c1ccccc1. The highest BCUT2D eigenvalue weighted by Crippen LogP contribution is 2.19. The maximum Gasteiger partial charge on any atom is 0.165 e. The first-order valence-electron chi connectivity index (χ1n) is 4.72. The van der Waals surface area contributed by atoms with Crippen LogP contribution in [0.4, 0.5) is 0 Å². The molecule has 1 saturated heterocycles. The normalized spacial score (nSPS) is 21.6. The predicted octanol–water partition coefficient (Wildman–Crippen LogP) is 1.04. The molecule has 0 radical (unpaired) electrons. The molecule has 1 aromatic carbocycles. The van der Waals surface area contributed by atoms with Gasteiger partial charge >= 0.3 is 0 Å². The number of Topliss-reactive ketones (excluding diaryl/α,β-unsaturated/α-hetero) is 1. The van der Waals surface area contributed by atoms with E-state index >= 15 is 0 Å². The highest BCUT2D eigenvalue weighted by atomic mass is 16.6. The molecule has 0 aromatic heterocycles. The Labute approximate surface area is 82.9 Å². The number of carbonyl (C=O) groups excluding carboxylic acids is 1. The van der Waals surface area contributed by atoms with E-state index in [1.165, 1.54) is 0 Å². The number of ether oxygens (including phenoxy) is 1. The molecule has 1 fully saturated rings. The van der Waals surface area contributed by atoms with Crippen LogP contribution in [0.2, 0.25) is 0 Å². The van der Waals surface area contributed by atoms with Gasteiger partial charge in [-0.15, -0.1) is 0 Å². The number of benzene rings is 1. The third-order valence-electron chi connectivity index (χ3n) is 2.34. The smallest absolute Gasteiger partial charge is 0.165 e. The van der Waals surface area contributed by atoms with Crippen molar-refractivity contribution in [1.29, 1.82) is 0 Å². The summed E-state index contributed by atoms with van der Waals surface area (Å²) in [5.74, 6) is 0.112. The highest BCUT2D eigenvalue weighted by Gasteiger charge is 2.31. The van der Waals surface area contributed by atoms with E-state index in [1.807, 2.05) is 30.3 Å². The van der Waals surface area contributed by atoms with E-state index in [4.69, 9.17) is 10.5 Å². The van der Waals surface area contributed by atoms with Crippen molar-refractivity contribution in [3.05, 3.63) is 35.9 Å². The number of hydrogen-bond donors (Lipinski definition) is 1. The molecule has 1 aliphatic rings. The fraction of sp³-hybridized carbons (Fsp3) is 0.364. The molecule has 2 N–H and O–H groups in total. The first-order valence-corrected chi connectivity index (χ1v) is 4.72. The third-order valence-corrected chi connectivity index (χ3v) is 2.34. The van der Waals surface area contributed by atoms with Crippen molar-refractivity contribution in [1.82, 2.24) is 0 Å². The van der Waals surface area contributed by atoms with Gasteiger partial charge in [-0.05, 0) is 5.56 Å². The molecular weight excluding hydrogens is 178 g/mol. The number of rotatable bonds is 4. The average Bonchev–Trinajstić information content (AvgIpc) is 3.02. The number of hydrogen-bond acceptors (Lipinski definition) is 3. The van der Waals surface area contributed by atoms with Gasteiger partial charge in [0.15, 0.2) is 5.78 Å². The molecule has 3 nitrogen and oxygen atoms in total. The predicted molar refractivity (Wildman–Crippen MR) is 52.7 cm³/mol. The topological polar surface area (TPSA) is 55.6 Å². The number of carbonyl (C=O) groups is 1. The summed E-state index contributed by atoms with van der Waals surface area (Å²) in [5, 5.41) is 0. The van der Waals surface area contributed by atoms with Crippen LogP contribution in [0.15, 0.2) is 30.3 Å². The molecule has 1 aromatic rings. The van der Waals surface area contributed by atoms with Crippen LogP contribution in [-0.4, -0.2) is 18.5 Å². The Kier molecular flexibility index (Phi) is 2.61. The molecule has 2 atom stereocenters. The van der Waals surface area contributed by atoms with Crippen molar-refractivity contribution in [2.75, 3.05) is 6.61 Å². The first kappa shape index (κ1) is 9.37. The molecular formula is C11H13NO2. The van der Waals surface area contributed by atoms with Crippen molar-refractivity contribution in [3.8, 4) is 0 Å². The molecule has 14 heavy (non-hydrogen) atoms. The lowest BCUT2D eigenvalue weighted by atomic mass is 10.0. The standard InChI is InChI=1S/C11H13NO2/c12-9(6-10(13)11-7-14-11)8-4-2-1-3-5-8/h1-5,9,11H,6-7,12H2. The van der Waals surface area contributed by atoms with Crippen LogP contribution >= 0.6 is 0 Å². The van der Waals surface area contributed by atoms with Crippen molar-refractivity contribution in [2.45, 2.75) is 18.6 Å². The fourth-order valence-electron chi connectivity index (χ4n) is 1.40. The van der Waals surface area contributed by atoms with E-state index < -0.39 is 0 Å². The van der Waals surface area contributed by atoms with Crippen LogP contribution in [0.3, 0.4) is 0 Å². The summed E-state index contributed by atoms with van der Waals surface area (Å²) in [6.45, 7) is 0.570. The van der Waals surface area contributed by atoms with E-state index in [2.05, 4.69) is 0 Å². The molecule has 1 aliphatic heterocycles. The highest BCUT2D eigenvalue weighted by molar-refractivity contribution is 5.85. The Balaban J connectivity index is 1.95. The summed E-state index contributed by atoms with van der Waals surface area (Å²) in [6, 6.07) is 9.45. The Morgan fingerprint density at radius 2 is 2.14 bits per heavy atom. The summed E-state index contributed by atoms with van der Waals surface area (Å²) >= 11 is 0. The maximum atomic E-state index is 11.4. The second kappa shape index (κ2) is 3.90. The molecule has 0 aliphatic carbocycles. The summed E-state index contributed by atoms with van der Waals surface area (Å²) < 4.78 is 4.90. The van der Waals surface area contributed by atoms with Crippen molar-refractivity contribution in [2.24, 2.45) is 5.73 Å². The van der Waals surface area contributed by atoms with Gasteiger partial charge in [0.05, 0.1) is 6.61 Å². The monoisotopic (exact) mass is 191 g/mol. The Hall–Kier alpha value is -1.19. The van der Waals surface area contributed by atoms with Crippen molar-refractivity contribution in [3.63, 3.8) is 0 Å². The molecule has 2 rings (SSSR count). The molecule has 74 valence electrons. The Bertz CT molecular complexity index is 319. The van der Waals surface area contributed by atoms with Crippen LogP contribution in [0.5, 0.6) is 0 Å². The molecule has 2 unspecified atom stereocenters. The maximum absolute atomic E-state index is 11.4. The zero-order chi connectivity index (χ0) is 9.97. The van der Waals surface area contributed by atoms with Gasteiger partial charge in [0.2, 0.25) is 0 Å². The average molecular weight is 191 g/mol. The zero-order valence-corrected chi connectivity index (χ0v) is 7.85. The van der Waals surface area contributed by atoms with Crippen LogP contribution in [0, 0.1) is 0 Å². The summed E-state index contributed by atoms with van der Waals surface area (Å²) in [7, 11) is 0. The molecule has 0 bridgehead atoms. The number of nitrogens with two attached hydrogens (primary N) is 1. The number of ketones is 1. The van der Waals surface area contributed by atoms with E-state index in [0.29, 0.717) is 13.0 Å². The molecule has 3 heteroatoms. The van der Waals surface area contributed by atoms with E-state index in [0.717, 1.165) is 5.56 Å². The largest absolute Gasteiger partial charge is 0.365 e. The van der Waals surface area contributed by atoms with E-state index in [-0.39, 0.29) is 17.9 Å². The number of epoxide rings is 1. The van der Waals surface area contributed by atoms with Gasteiger partial charge in [-0.2, -0.15) is 0 Å². The van der Waals surface area contributed by atoms with Crippen LogP contribution in [0.25, 0.3) is 0 Å². The van der Waals surface area contributed by atoms with Gasteiger partial charge in [-0.3, -0.25) is 4.79 Å². The zero-order valence-electron chi connectivity index (χ0n) is 7.85. The molecule has 0 saturated carbocycles. The quantitative estimate of drug-likeness (QED) is 0.723. The fourth-order valence-corrected chi connectivity index (χ4v) is 1.40. The second-order valence-electron chi connectivity index (χ2n) is 3.51. The van der Waals surface area contributed by atoms with Crippen molar-refractivity contribution < 1.29 is 9.53 Å². The molecule has 0 spiro atoms. The van der Waals surface area contributed by atoms with Gasteiger partial charge in [-0.1, -0.05) is 30.3 Å². The second-order valence-corrected chi connectivity index (χ2v) is 3.51. The summed E-state index contributed by atoms with van der Waals surface area (Å²) in [5.41, 5.74) is 6.89. The lowest BCUT2D eigenvalue weighted by Gasteiger charge is -2.09. The van der Waals surface area contributed by atoms with Crippen LogP contribution in [0.1, 0.15) is 18.0 Å². The lowest BCUT2D eigenvalue weighted by Crippen LogP contribution is -2.18. The molecule has 1 heterocycles. The van der Waals surface area contributed by atoms with E-state index in [9.17, 15) is 4.79 Å². The van der Waals surface area contributed by atoms with Gasteiger partial charge in [0, 0.05) is 12.5 Å². The van der Waals surface area contributed by atoms with Crippen LogP contribution in [-0.2, 0) is 9.53 Å².